The Hall–Kier alpha value is -1.92. The molecule has 2 amide bonds. The summed E-state index contributed by atoms with van der Waals surface area (Å²) in [5.74, 6) is -0.141. The number of nitrogens with one attached hydrogen (secondary N) is 3. The van der Waals surface area contributed by atoms with Crippen LogP contribution >= 0.6 is 0 Å². The van der Waals surface area contributed by atoms with E-state index in [9.17, 15) is 9.59 Å². The Balaban J connectivity index is 1.87. The fourth-order valence-corrected chi connectivity index (χ4v) is 3.01. The second kappa shape index (κ2) is 10.2. The van der Waals surface area contributed by atoms with Crippen LogP contribution in [0, 0.1) is 0 Å². The predicted molar refractivity (Wildman–Crippen MR) is 101 cm³/mol. The molecule has 0 spiro atoms. The fourth-order valence-electron chi connectivity index (χ4n) is 3.01. The van der Waals surface area contributed by atoms with Crippen LogP contribution in [0.2, 0.25) is 0 Å². The van der Waals surface area contributed by atoms with Crippen LogP contribution in [0.1, 0.15) is 43.5 Å². The molecular formula is C19H30N4O2. The highest BCUT2D eigenvalue weighted by Gasteiger charge is 2.20. The van der Waals surface area contributed by atoms with E-state index in [-0.39, 0.29) is 17.9 Å². The smallest absolute Gasteiger partial charge is 0.251 e. The van der Waals surface area contributed by atoms with Crippen molar-refractivity contribution in [1.29, 1.82) is 0 Å². The first-order valence-electron chi connectivity index (χ1n) is 9.29. The zero-order chi connectivity index (χ0) is 18.1. The van der Waals surface area contributed by atoms with E-state index in [4.69, 9.17) is 0 Å². The molecule has 1 fully saturated rings. The van der Waals surface area contributed by atoms with Gasteiger partial charge in [0.25, 0.3) is 5.91 Å². The molecule has 2 rings (SSSR count). The van der Waals surface area contributed by atoms with Crippen molar-refractivity contribution < 1.29 is 9.59 Å². The maximum atomic E-state index is 12.3. The minimum absolute atomic E-state index is 0.0289. The molecule has 1 aliphatic heterocycles. The van der Waals surface area contributed by atoms with Gasteiger partial charge >= 0.3 is 0 Å². The standard InChI is InChI=1S/C19H30N4O2/c1-3-23(4-2)13-12-21-18(24)15-8-7-9-16(14-15)22-19(25)17-10-5-6-11-20-17/h7-9,14,17,20H,3-6,10-13H2,1-2H3,(H,21,24)(H,22,25)/t17-/m1/s1. The summed E-state index contributed by atoms with van der Waals surface area (Å²) in [6.45, 7) is 8.50. The quantitative estimate of drug-likeness (QED) is 0.671. The molecule has 0 bridgehead atoms. The van der Waals surface area contributed by atoms with Gasteiger partial charge in [0, 0.05) is 24.3 Å². The summed E-state index contributed by atoms with van der Waals surface area (Å²) in [6.07, 6.45) is 3.05. The lowest BCUT2D eigenvalue weighted by molar-refractivity contribution is -0.118. The van der Waals surface area contributed by atoms with Gasteiger partial charge in [0.1, 0.15) is 0 Å². The largest absolute Gasteiger partial charge is 0.351 e. The zero-order valence-electron chi connectivity index (χ0n) is 15.3. The van der Waals surface area contributed by atoms with Crippen molar-refractivity contribution in [3.05, 3.63) is 29.8 Å². The van der Waals surface area contributed by atoms with Crippen molar-refractivity contribution in [1.82, 2.24) is 15.5 Å². The molecule has 1 atom stereocenters. The lowest BCUT2D eigenvalue weighted by Crippen LogP contribution is -2.43. The third-order valence-corrected chi connectivity index (χ3v) is 4.63. The number of piperidine rings is 1. The third-order valence-electron chi connectivity index (χ3n) is 4.63. The molecule has 25 heavy (non-hydrogen) atoms. The van der Waals surface area contributed by atoms with Gasteiger partial charge in [-0.25, -0.2) is 0 Å². The topological polar surface area (TPSA) is 73.5 Å². The van der Waals surface area contributed by atoms with Crippen molar-refractivity contribution in [3.8, 4) is 0 Å². The van der Waals surface area contributed by atoms with Crippen LogP contribution in [0.15, 0.2) is 24.3 Å². The molecule has 1 aromatic carbocycles. The van der Waals surface area contributed by atoms with Crippen molar-refractivity contribution in [2.24, 2.45) is 0 Å². The molecule has 1 aromatic rings. The molecule has 0 radical (unpaired) electrons. The molecule has 6 heteroatoms. The normalized spacial score (nSPS) is 17.3. The van der Waals surface area contributed by atoms with Crippen LogP contribution in [0.25, 0.3) is 0 Å². The Morgan fingerprint density at radius 1 is 1.24 bits per heavy atom. The highest BCUT2D eigenvalue weighted by atomic mass is 16.2. The third kappa shape index (κ3) is 6.14. The first-order chi connectivity index (χ1) is 12.1. The number of rotatable bonds is 8. The van der Waals surface area contributed by atoms with Gasteiger partial charge < -0.3 is 20.9 Å². The highest BCUT2D eigenvalue weighted by Crippen LogP contribution is 2.13. The van der Waals surface area contributed by atoms with Crippen molar-refractivity contribution >= 4 is 17.5 Å². The summed E-state index contributed by atoms with van der Waals surface area (Å²) in [4.78, 5) is 26.8. The average Bonchev–Trinajstić information content (AvgIpc) is 2.66. The first-order valence-corrected chi connectivity index (χ1v) is 9.29. The molecule has 138 valence electrons. The Morgan fingerprint density at radius 2 is 2.04 bits per heavy atom. The van der Waals surface area contributed by atoms with E-state index in [0.717, 1.165) is 45.4 Å². The molecule has 0 unspecified atom stereocenters. The molecule has 1 heterocycles. The Bertz CT molecular complexity index is 566. The number of likely N-dealkylation sites (N-methyl/N-ethyl adjacent to an activating group) is 1. The summed E-state index contributed by atoms with van der Waals surface area (Å²) in [5.41, 5.74) is 1.22. The molecular weight excluding hydrogens is 316 g/mol. The summed E-state index contributed by atoms with van der Waals surface area (Å²) in [6, 6.07) is 6.96. The summed E-state index contributed by atoms with van der Waals surface area (Å²) >= 11 is 0. The summed E-state index contributed by atoms with van der Waals surface area (Å²) in [5, 5.41) is 9.08. The van der Waals surface area contributed by atoms with E-state index in [1.165, 1.54) is 0 Å². The molecule has 6 nitrogen and oxygen atoms in total. The van der Waals surface area contributed by atoms with Gasteiger partial charge in [-0.05, 0) is 50.7 Å². The van der Waals surface area contributed by atoms with Crippen LogP contribution in [0.5, 0.6) is 0 Å². The summed E-state index contributed by atoms with van der Waals surface area (Å²) < 4.78 is 0. The van der Waals surface area contributed by atoms with Crippen LogP contribution in [-0.2, 0) is 4.79 Å². The van der Waals surface area contributed by atoms with Gasteiger partial charge in [-0.15, -0.1) is 0 Å². The van der Waals surface area contributed by atoms with Crippen LogP contribution < -0.4 is 16.0 Å². The Kier molecular flexibility index (Phi) is 7.88. The van der Waals surface area contributed by atoms with Gasteiger partial charge in [-0.2, -0.15) is 0 Å². The minimum Gasteiger partial charge on any atom is -0.351 e. The number of carbonyl (C=O) groups excluding carboxylic acids is 2. The number of hydrogen-bond donors (Lipinski definition) is 3. The van der Waals surface area contributed by atoms with E-state index in [1.54, 1.807) is 18.2 Å². The van der Waals surface area contributed by atoms with E-state index in [1.807, 2.05) is 6.07 Å². The number of carbonyl (C=O) groups is 2. The number of anilines is 1. The van der Waals surface area contributed by atoms with Crippen LogP contribution in [-0.4, -0.2) is 55.5 Å². The van der Waals surface area contributed by atoms with Crippen LogP contribution in [0.4, 0.5) is 5.69 Å². The molecule has 0 aliphatic carbocycles. The molecule has 0 aromatic heterocycles. The molecule has 3 N–H and O–H groups in total. The van der Waals surface area contributed by atoms with Gasteiger partial charge in [0.05, 0.1) is 6.04 Å². The number of hydrogen-bond acceptors (Lipinski definition) is 4. The molecule has 1 aliphatic rings. The van der Waals surface area contributed by atoms with E-state index < -0.39 is 0 Å². The Labute approximate surface area is 150 Å². The minimum atomic E-state index is -0.139. The fraction of sp³-hybridized carbons (Fsp3) is 0.579. The van der Waals surface area contributed by atoms with Crippen molar-refractivity contribution in [3.63, 3.8) is 0 Å². The maximum Gasteiger partial charge on any atom is 0.251 e. The average molecular weight is 346 g/mol. The number of amides is 2. The van der Waals surface area contributed by atoms with Gasteiger partial charge in [-0.3, -0.25) is 9.59 Å². The molecule has 0 saturated carbocycles. The predicted octanol–water partition coefficient (Wildman–Crippen LogP) is 1.84. The van der Waals surface area contributed by atoms with Gasteiger partial charge in [0.2, 0.25) is 5.91 Å². The second-order valence-electron chi connectivity index (χ2n) is 6.36. The van der Waals surface area contributed by atoms with Crippen LogP contribution in [0.3, 0.4) is 0 Å². The lowest BCUT2D eigenvalue weighted by Gasteiger charge is -2.22. The van der Waals surface area contributed by atoms with E-state index >= 15 is 0 Å². The van der Waals surface area contributed by atoms with Gasteiger partial charge in [-0.1, -0.05) is 26.3 Å². The second-order valence-corrected chi connectivity index (χ2v) is 6.36. The van der Waals surface area contributed by atoms with Crippen molar-refractivity contribution in [2.45, 2.75) is 39.2 Å². The van der Waals surface area contributed by atoms with E-state index in [2.05, 4.69) is 34.7 Å². The van der Waals surface area contributed by atoms with Crippen molar-refractivity contribution in [2.75, 3.05) is 38.0 Å². The number of nitrogens with zero attached hydrogens (tertiary/aromatic N) is 1. The number of benzene rings is 1. The van der Waals surface area contributed by atoms with E-state index in [0.29, 0.717) is 17.8 Å². The monoisotopic (exact) mass is 346 g/mol. The highest BCUT2D eigenvalue weighted by molar-refractivity contribution is 5.98. The van der Waals surface area contributed by atoms with Gasteiger partial charge in [0.15, 0.2) is 0 Å². The SMILES string of the molecule is CCN(CC)CCNC(=O)c1cccc(NC(=O)[C@H]2CCCCN2)c1. The first kappa shape index (κ1) is 19.4. The lowest BCUT2D eigenvalue weighted by atomic mass is 10.0. The zero-order valence-corrected chi connectivity index (χ0v) is 15.3. The summed E-state index contributed by atoms with van der Waals surface area (Å²) in [7, 11) is 0. The molecule has 1 saturated heterocycles. The Morgan fingerprint density at radius 3 is 2.72 bits per heavy atom. The maximum absolute atomic E-state index is 12.3.